The molecule has 0 aromatic carbocycles. The van der Waals surface area contributed by atoms with E-state index in [1.807, 2.05) is 0 Å². The van der Waals surface area contributed by atoms with E-state index in [9.17, 15) is 0 Å². The lowest BCUT2D eigenvalue weighted by atomic mass is 10.1. The summed E-state index contributed by atoms with van der Waals surface area (Å²) >= 11 is 6.17. The van der Waals surface area contributed by atoms with E-state index in [0.717, 1.165) is 17.7 Å². The number of nitrogens with zero attached hydrogens (tertiary/aromatic N) is 2. The first kappa shape index (κ1) is 12.7. The number of hydrogen-bond donors (Lipinski definition) is 0. The summed E-state index contributed by atoms with van der Waals surface area (Å²) in [5.41, 5.74) is 1.91. The van der Waals surface area contributed by atoms with Gasteiger partial charge in [0.15, 0.2) is 5.82 Å². The van der Waals surface area contributed by atoms with Crippen LogP contribution in [0.15, 0.2) is 0 Å². The van der Waals surface area contributed by atoms with E-state index in [4.69, 9.17) is 21.1 Å². The predicted molar refractivity (Wildman–Crippen MR) is 65.0 cm³/mol. The van der Waals surface area contributed by atoms with Crippen molar-refractivity contribution in [2.45, 2.75) is 33.0 Å². The lowest BCUT2D eigenvalue weighted by molar-refractivity contribution is 0.0562. The highest BCUT2D eigenvalue weighted by molar-refractivity contribution is 6.30. The number of hydrogen-bond acceptors (Lipinski definition) is 4. The van der Waals surface area contributed by atoms with Gasteiger partial charge in [-0.3, -0.25) is 0 Å². The highest BCUT2D eigenvalue weighted by Gasteiger charge is 2.23. The van der Waals surface area contributed by atoms with E-state index >= 15 is 0 Å². The summed E-state index contributed by atoms with van der Waals surface area (Å²) in [5.74, 6) is 0.988. The van der Waals surface area contributed by atoms with E-state index in [-0.39, 0.29) is 6.10 Å². The summed E-state index contributed by atoms with van der Waals surface area (Å²) in [5, 5.41) is 0.493. The molecule has 1 aliphatic heterocycles. The first-order valence-electron chi connectivity index (χ1n) is 5.79. The zero-order valence-electron chi connectivity index (χ0n) is 10.4. The molecule has 1 aromatic heterocycles. The molecule has 17 heavy (non-hydrogen) atoms. The Morgan fingerprint density at radius 2 is 2.12 bits per heavy atom. The normalized spacial score (nSPS) is 17.0. The monoisotopic (exact) mass is 256 g/mol. The van der Waals surface area contributed by atoms with E-state index in [0.29, 0.717) is 30.1 Å². The molecular formula is C12H17ClN2O2. The van der Waals surface area contributed by atoms with E-state index in [1.54, 1.807) is 7.11 Å². The standard InChI is InChI=1S/C12H17ClN2O2/c1-7(2)10(16-3)12-14-9-4-5-17-6-8(9)11(13)15-12/h7,10H,4-6H2,1-3H3. The van der Waals surface area contributed by atoms with Gasteiger partial charge >= 0.3 is 0 Å². The average Bonchev–Trinajstić information content (AvgIpc) is 2.29. The summed E-state index contributed by atoms with van der Waals surface area (Å²) < 4.78 is 10.8. The van der Waals surface area contributed by atoms with Gasteiger partial charge in [-0.05, 0) is 5.92 Å². The Morgan fingerprint density at radius 1 is 1.35 bits per heavy atom. The van der Waals surface area contributed by atoms with E-state index in [1.165, 1.54) is 0 Å². The lowest BCUT2D eigenvalue weighted by Crippen LogP contribution is -2.19. The minimum Gasteiger partial charge on any atom is -0.376 e. The fraction of sp³-hybridized carbons (Fsp3) is 0.667. The second kappa shape index (κ2) is 5.29. The molecule has 2 rings (SSSR count). The Morgan fingerprint density at radius 3 is 2.76 bits per heavy atom. The largest absolute Gasteiger partial charge is 0.376 e. The van der Waals surface area contributed by atoms with Gasteiger partial charge in [0.1, 0.15) is 11.3 Å². The highest BCUT2D eigenvalue weighted by Crippen LogP contribution is 2.27. The van der Waals surface area contributed by atoms with Crippen molar-refractivity contribution in [3.8, 4) is 0 Å². The molecule has 4 nitrogen and oxygen atoms in total. The van der Waals surface area contributed by atoms with Crippen LogP contribution in [-0.4, -0.2) is 23.7 Å². The molecule has 5 heteroatoms. The van der Waals surface area contributed by atoms with Crippen LogP contribution in [0.5, 0.6) is 0 Å². The molecule has 1 atom stereocenters. The Bertz CT molecular complexity index is 410. The van der Waals surface area contributed by atoms with Gasteiger partial charge in [0, 0.05) is 19.1 Å². The molecule has 0 N–H and O–H groups in total. The van der Waals surface area contributed by atoms with Crippen LogP contribution in [0.2, 0.25) is 5.15 Å². The summed E-state index contributed by atoms with van der Waals surface area (Å²) in [6.45, 7) is 5.36. The van der Waals surface area contributed by atoms with Crippen LogP contribution < -0.4 is 0 Å². The van der Waals surface area contributed by atoms with Crippen LogP contribution in [0.25, 0.3) is 0 Å². The van der Waals surface area contributed by atoms with Crippen LogP contribution in [0.3, 0.4) is 0 Å². The Labute approximate surface area is 106 Å². The maximum Gasteiger partial charge on any atom is 0.159 e. The molecular weight excluding hydrogens is 240 g/mol. The molecule has 0 amide bonds. The number of fused-ring (bicyclic) bond motifs is 1. The lowest BCUT2D eigenvalue weighted by Gasteiger charge is -2.22. The van der Waals surface area contributed by atoms with Crippen LogP contribution in [-0.2, 0) is 22.5 Å². The van der Waals surface area contributed by atoms with Crippen LogP contribution in [0, 0.1) is 5.92 Å². The molecule has 1 unspecified atom stereocenters. The Kier molecular flexibility index (Phi) is 3.97. The molecule has 0 saturated heterocycles. The van der Waals surface area contributed by atoms with Gasteiger partial charge < -0.3 is 9.47 Å². The fourth-order valence-corrected chi connectivity index (χ4v) is 2.26. The van der Waals surface area contributed by atoms with Crippen molar-refractivity contribution in [1.29, 1.82) is 0 Å². The highest BCUT2D eigenvalue weighted by atomic mass is 35.5. The summed E-state index contributed by atoms with van der Waals surface area (Å²) in [6, 6.07) is 0. The van der Waals surface area contributed by atoms with Gasteiger partial charge in [0.2, 0.25) is 0 Å². The molecule has 0 bridgehead atoms. The Hall–Kier alpha value is -0.710. The van der Waals surface area contributed by atoms with Crippen molar-refractivity contribution < 1.29 is 9.47 Å². The van der Waals surface area contributed by atoms with Gasteiger partial charge in [-0.15, -0.1) is 0 Å². The zero-order chi connectivity index (χ0) is 12.4. The molecule has 0 fully saturated rings. The van der Waals surface area contributed by atoms with Crippen molar-refractivity contribution in [2.24, 2.45) is 5.92 Å². The second-order valence-electron chi connectivity index (χ2n) is 4.50. The Balaban J connectivity index is 2.39. The number of halogens is 1. The first-order chi connectivity index (χ1) is 8.13. The minimum atomic E-state index is -0.111. The summed E-state index contributed by atoms with van der Waals surface area (Å²) in [4.78, 5) is 8.89. The van der Waals surface area contributed by atoms with Gasteiger partial charge in [-0.2, -0.15) is 0 Å². The molecule has 1 aromatic rings. The van der Waals surface area contributed by atoms with Crippen molar-refractivity contribution in [3.63, 3.8) is 0 Å². The van der Waals surface area contributed by atoms with Crippen molar-refractivity contribution in [2.75, 3.05) is 13.7 Å². The van der Waals surface area contributed by atoms with Gasteiger partial charge in [-0.25, -0.2) is 9.97 Å². The molecule has 0 aliphatic carbocycles. The number of ether oxygens (including phenoxy) is 2. The number of aromatic nitrogens is 2. The van der Waals surface area contributed by atoms with E-state index < -0.39 is 0 Å². The first-order valence-corrected chi connectivity index (χ1v) is 6.17. The summed E-state index contributed by atoms with van der Waals surface area (Å²) in [7, 11) is 1.67. The van der Waals surface area contributed by atoms with Crippen LogP contribution in [0.1, 0.15) is 37.0 Å². The minimum absolute atomic E-state index is 0.111. The fourth-order valence-electron chi connectivity index (χ4n) is 2.01. The predicted octanol–water partition coefficient (Wildman–Crippen LogP) is 2.55. The number of rotatable bonds is 3. The SMILES string of the molecule is COC(c1nc(Cl)c2c(n1)CCOC2)C(C)C. The topological polar surface area (TPSA) is 44.2 Å². The molecule has 0 radical (unpaired) electrons. The van der Waals surface area contributed by atoms with E-state index in [2.05, 4.69) is 23.8 Å². The third-order valence-electron chi connectivity index (χ3n) is 2.90. The zero-order valence-corrected chi connectivity index (χ0v) is 11.1. The van der Waals surface area contributed by atoms with Crippen LogP contribution in [0.4, 0.5) is 0 Å². The second-order valence-corrected chi connectivity index (χ2v) is 4.86. The maximum absolute atomic E-state index is 6.17. The average molecular weight is 257 g/mol. The smallest absolute Gasteiger partial charge is 0.159 e. The molecule has 2 heterocycles. The molecule has 0 spiro atoms. The molecule has 1 aliphatic rings. The van der Waals surface area contributed by atoms with Gasteiger partial charge in [0.25, 0.3) is 0 Å². The molecule has 94 valence electrons. The third-order valence-corrected chi connectivity index (χ3v) is 3.22. The maximum atomic E-state index is 6.17. The van der Waals surface area contributed by atoms with Gasteiger partial charge in [0.05, 0.1) is 18.9 Å². The summed E-state index contributed by atoms with van der Waals surface area (Å²) in [6.07, 6.45) is 0.680. The van der Waals surface area contributed by atoms with Crippen LogP contribution >= 0.6 is 11.6 Å². The number of methoxy groups -OCH3 is 1. The molecule has 0 saturated carbocycles. The van der Waals surface area contributed by atoms with Gasteiger partial charge in [-0.1, -0.05) is 25.4 Å². The quantitative estimate of drug-likeness (QED) is 0.780. The third kappa shape index (κ3) is 2.59. The van der Waals surface area contributed by atoms with Crippen molar-refractivity contribution in [1.82, 2.24) is 9.97 Å². The van der Waals surface area contributed by atoms with Crippen molar-refractivity contribution >= 4 is 11.6 Å². The van der Waals surface area contributed by atoms with Crippen molar-refractivity contribution in [3.05, 3.63) is 22.2 Å².